The van der Waals surface area contributed by atoms with E-state index in [0.29, 0.717) is 10.7 Å². The molecule has 0 atom stereocenters. The molecular formula is C12H9BrClNS. The van der Waals surface area contributed by atoms with Gasteiger partial charge in [0.1, 0.15) is 0 Å². The maximum atomic E-state index is 6.12. The van der Waals surface area contributed by atoms with E-state index in [0.717, 1.165) is 14.3 Å². The average molecular weight is 315 g/mol. The normalized spacial score (nSPS) is 10.4. The molecular weight excluding hydrogens is 306 g/mol. The Bertz CT molecular complexity index is 516. The van der Waals surface area contributed by atoms with Gasteiger partial charge >= 0.3 is 0 Å². The van der Waals surface area contributed by atoms with Crippen LogP contribution in [0.25, 0.3) is 0 Å². The molecule has 2 aromatic carbocycles. The first-order valence-electron chi connectivity index (χ1n) is 4.64. The van der Waals surface area contributed by atoms with Crippen molar-refractivity contribution in [3.8, 4) is 0 Å². The zero-order chi connectivity index (χ0) is 11.5. The quantitative estimate of drug-likeness (QED) is 0.803. The highest BCUT2D eigenvalue weighted by atomic mass is 79.9. The van der Waals surface area contributed by atoms with Crippen LogP contribution in [0.4, 0.5) is 5.69 Å². The molecule has 0 aliphatic rings. The summed E-state index contributed by atoms with van der Waals surface area (Å²) in [4.78, 5) is 2.14. The molecule has 1 nitrogen and oxygen atoms in total. The third-order valence-corrected chi connectivity index (χ3v) is 4.54. The fraction of sp³-hybridized carbons (Fsp3) is 0. The van der Waals surface area contributed by atoms with Crippen LogP contribution in [0.3, 0.4) is 0 Å². The summed E-state index contributed by atoms with van der Waals surface area (Å²) >= 11 is 11.2. The van der Waals surface area contributed by atoms with Gasteiger partial charge in [0.05, 0.1) is 5.02 Å². The van der Waals surface area contributed by atoms with E-state index < -0.39 is 0 Å². The maximum Gasteiger partial charge on any atom is 0.0565 e. The van der Waals surface area contributed by atoms with Gasteiger partial charge in [-0.3, -0.25) is 0 Å². The number of benzene rings is 2. The van der Waals surface area contributed by atoms with E-state index in [1.54, 1.807) is 17.8 Å². The molecule has 2 N–H and O–H groups in total. The molecule has 0 unspecified atom stereocenters. The van der Waals surface area contributed by atoms with Crippen LogP contribution in [-0.2, 0) is 0 Å². The van der Waals surface area contributed by atoms with Crippen molar-refractivity contribution in [1.82, 2.24) is 0 Å². The van der Waals surface area contributed by atoms with E-state index in [2.05, 4.69) is 15.9 Å². The second kappa shape index (κ2) is 5.13. The van der Waals surface area contributed by atoms with Gasteiger partial charge in [0.25, 0.3) is 0 Å². The molecule has 0 aliphatic carbocycles. The lowest BCUT2D eigenvalue weighted by atomic mass is 10.3. The lowest BCUT2D eigenvalue weighted by Gasteiger charge is -2.06. The maximum absolute atomic E-state index is 6.12. The van der Waals surface area contributed by atoms with Crippen LogP contribution in [0.15, 0.2) is 56.7 Å². The Hall–Kier alpha value is -0.640. The lowest BCUT2D eigenvalue weighted by Crippen LogP contribution is -1.84. The molecule has 2 aromatic rings. The first-order valence-corrected chi connectivity index (χ1v) is 6.63. The van der Waals surface area contributed by atoms with E-state index in [4.69, 9.17) is 17.3 Å². The number of rotatable bonds is 2. The van der Waals surface area contributed by atoms with Crippen LogP contribution in [0, 0.1) is 0 Å². The van der Waals surface area contributed by atoms with Crippen molar-refractivity contribution in [3.63, 3.8) is 0 Å². The zero-order valence-corrected chi connectivity index (χ0v) is 11.4. The molecule has 0 aliphatic heterocycles. The first-order chi connectivity index (χ1) is 7.66. The number of halogens is 2. The fourth-order valence-electron chi connectivity index (χ4n) is 1.25. The molecule has 2 rings (SSSR count). The minimum Gasteiger partial charge on any atom is -0.399 e. The summed E-state index contributed by atoms with van der Waals surface area (Å²) in [6.07, 6.45) is 0. The molecule has 0 saturated carbocycles. The summed E-state index contributed by atoms with van der Waals surface area (Å²) < 4.78 is 1.06. The van der Waals surface area contributed by atoms with Gasteiger partial charge in [-0.2, -0.15) is 0 Å². The van der Waals surface area contributed by atoms with Gasteiger partial charge in [-0.25, -0.2) is 0 Å². The van der Waals surface area contributed by atoms with Crippen molar-refractivity contribution in [2.45, 2.75) is 9.79 Å². The van der Waals surface area contributed by atoms with Crippen LogP contribution in [0.2, 0.25) is 5.02 Å². The van der Waals surface area contributed by atoms with E-state index in [1.807, 2.05) is 36.4 Å². The zero-order valence-electron chi connectivity index (χ0n) is 8.28. The van der Waals surface area contributed by atoms with Crippen LogP contribution in [0.1, 0.15) is 0 Å². The van der Waals surface area contributed by atoms with E-state index in [9.17, 15) is 0 Å². The van der Waals surface area contributed by atoms with Crippen molar-refractivity contribution in [3.05, 3.63) is 52.0 Å². The van der Waals surface area contributed by atoms with Crippen molar-refractivity contribution in [1.29, 1.82) is 0 Å². The van der Waals surface area contributed by atoms with E-state index in [-0.39, 0.29) is 0 Å². The summed E-state index contributed by atoms with van der Waals surface area (Å²) in [5.41, 5.74) is 6.33. The monoisotopic (exact) mass is 313 g/mol. The largest absolute Gasteiger partial charge is 0.399 e. The summed E-state index contributed by atoms with van der Waals surface area (Å²) in [5, 5.41) is 0.681. The highest BCUT2D eigenvalue weighted by Crippen LogP contribution is 2.37. The fourth-order valence-corrected chi connectivity index (χ4v) is 2.92. The lowest BCUT2D eigenvalue weighted by molar-refractivity contribution is 1.37. The molecule has 0 aromatic heterocycles. The molecule has 0 heterocycles. The predicted octanol–water partition coefficient (Wildman–Crippen LogP) is 4.84. The van der Waals surface area contributed by atoms with Crippen LogP contribution < -0.4 is 5.73 Å². The standard InChI is InChI=1S/C12H9BrClNS/c13-9-3-1-2-4-11(9)16-12-6-5-8(15)7-10(12)14/h1-7H,15H2. The Labute approximate surface area is 112 Å². The molecule has 82 valence electrons. The molecule has 4 heteroatoms. The summed E-state index contributed by atoms with van der Waals surface area (Å²) in [7, 11) is 0. The molecule has 0 fully saturated rings. The topological polar surface area (TPSA) is 26.0 Å². The van der Waals surface area contributed by atoms with Crippen LogP contribution >= 0.6 is 39.3 Å². The molecule has 0 amide bonds. The SMILES string of the molecule is Nc1ccc(Sc2ccccc2Br)c(Cl)c1. The third kappa shape index (κ3) is 2.73. The number of nitrogens with two attached hydrogens (primary N) is 1. The highest BCUT2D eigenvalue weighted by Gasteiger charge is 2.05. The summed E-state index contributed by atoms with van der Waals surface area (Å²) in [6, 6.07) is 13.6. The summed E-state index contributed by atoms with van der Waals surface area (Å²) in [5.74, 6) is 0. The van der Waals surface area contributed by atoms with E-state index >= 15 is 0 Å². The van der Waals surface area contributed by atoms with Crippen molar-refractivity contribution >= 4 is 45.0 Å². The highest BCUT2D eigenvalue weighted by molar-refractivity contribution is 9.10. The minimum atomic E-state index is 0.681. The van der Waals surface area contributed by atoms with Gasteiger partial charge in [-0.05, 0) is 46.3 Å². The Balaban J connectivity index is 2.31. The Kier molecular flexibility index (Phi) is 3.79. The number of hydrogen-bond donors (Lipinski definition) is 1. The van der Waals surface area contributed by atoms with Crippen LogP contribution in [0.5, 0.6) is 0 Å². The van der Waals surface area contributed by atoms with Gasteiger partial charge in [0.15, 0.2) is 0 Å². The predicted molar refractivity (Wildman–Crippen MR) is 74.1 cm³/mol. The van der Waals surface area contributed by atoms with Crippen molar-refractivity contribution < 1.29 is 0 Å². The molecule has 0 bridgehead atoms. The van der Waals surface area contributed by atoms with Crippen molar-refractivity contribution in [2.75, 3.05) is 5.73 Å². The molecule has 0 radical (unpaired) electrons. The molecule has 0 saturated heterocycles. The minimum absolute atomic E-state index is 0.681. The van der Waals surface area contributed by atoms with Gasteiger partial charge in [0.2, 0.25) is 0 Å². The number of anilines is 1. The second-order valence-electron chi connectivity index (χ2n) is 3.22. The second-order valence-corrected chi connectivity index (χ2v) is 5.57. The summed E-state index contributed by atoms with van der Waals surface area (Å²) in [6.45, 7) is 0. The molecule has 0 spiro atoms. The Morgan fingerprint density at radius 1 is 1.06 bits per heavy atom. The number of hydrogen-bond acceptors (Lipinski definition) is 2. The third-order valence-electron chi connectivity index (χ3n) is 2.01. The van der Waals surface area contributed by atoms with Gasteiger partial charge in [0, 0.05) is 20.0 Å². The smallest absolute Gasteiger partial charge is 0.0565 e. The Morgan fingerprint density at radius 2 is 1.81 bits per heavy atom. The molecule has 16 heavy (non-hydrogen) atoms. The van der Waals surface area contributed by atoms with Crippen molar-refractivity contribution in [2.24, 2.45) is 0 Å². The van der Waals surface area contributed by atoms with E-state index in [1.165, 1.54) is 0 Å². The van der Waals surface area contributed by atoms with Gasteiger partial charge in [-0.15, -0.1) is 0 Å². The average Bonchev–Trinajstić information content (AvgIpc) is 2.25. The van der Waals surface area contributed by atoms with Gasteiger partial charge < -0.3 is 5.73 Å². The Morgan fingerprint density at radius 3 is 2.50 bits per heavy atom. The number of nitrogen functional groups attached to an aromatic ring is 1. The first kappa shape index (κ1) is 11.8. The van der Waals surface area contributed by atoms with Gasteiger partial charge in [-0.1, -0.05) is 35.5 Å². The van der Waals surface area contributed by atoms with Crippen LogP contribution in [-0.4, -0.2) is 0 Å².